The third-order valence-electron chi connectivity index (χ3n) is 2.47. The molecular formula is C12H9N3O. The molecule has 0 fully saturated rings. The number of benzene rings is 1. The van der Waals surface area contributed by atoms with E-state index >= 15 is 0 Å². The predicted molar refractivity (Wildman–Crippen MR) is 60.1 cm³/mol. The van der Waals surface area contributed by atoms with Crippen LogP contribution in [0.25, 0.3) is 22.6 Å². The summed E-state index contributed by atoms with van der Waals surface area (Å²) in [5.41, 5.74) is 2.41. The first-order chi connectivity index (χ1) is 7.84. The minimum Gasteiger partial charge on any atom is -0.507 e. The van der Waals surface area contributed by atoms with Crippen LogP contribution in [0.15, 0.2) is 42.9 Å². The van der Waals surface area contributed by atoms with Crippen molar-refractivity contribution in [2.45, 2.75) is 0 Å². The van der Waals surface area contributed by atoms with Gasteiger partial charge in [-0.2, -0.15) is 0 Å². The zero-order valence-corrected chi connectivity index (χ0v) is 8.38. The van der Waals surface area contributed by atoms with Crippen LogP contribution in [0.4, 0.5) is 0 Å². The zero-order chi connectivity index (χ0) is 11.0. The molecule has 0 radical (unpaired) electrons. The summed E-state index contributed by atoms with van der Waals surface area (Å²) in [6.07, 6.45) is 3.33. The molecule has 4 heteroatoms. The third kappa shape index (κ3) is 1.32. The summed E-state index contributed by atoms with van der Waals surface area (Å²) in [6.45, 7) is 0. The van der Waals surface area contributed by atoms with Gasteiger partial charge in [0, 0.05) is 17.3 Å². The van der Waals surface area contributed by atoms with Crippen LogP contribution >= 0.6 is 0 Å². The highest BCUT2D eigenvalue weighted by molar-refractivity contribution is 5.74. The molecule has 0 unspecified atom stereocenters. The van der Waals surface area contributed by atoms with E-state index in [-0.39, 0.29) is 5.75 Å². The van der Waals surface area contributed by atoms with E-state index in [0.717, 1.165) is 22.6 Å². The number of aromatic hydroxyl groups is 1. The topological polar surface area (TPSA) is 61.8 Å². The fraction of sp³-hybridized carbons (Fsp3) is 0. The number of nitrogens with zero attached hydrogens (tertiary/aromatic N) is 2. The second kappa shape index (κ2) is 3.34. The first-order valence-corrected chi connectivity index (χ1v) is 4.92. The maximum absolute atomic E-state index is 9.72. The maximum Gasteiger partial charge on any atom is 0.140 e. The highest BCUT2D eigenvalue weighted by Crippen LogP contribution is 2.31. The van der Waals surface area contributed by atoms with Gasteiger partial charge in [0.15, 0.2) is 0 Å². The van der Waals surface area contributed by atoms with Gasteiger partial charge in [0.05, 0.1) is 12.0 Å². The van der Waals surface area contributed by atoms with E-state index in [0.29, 0.717) is 0 Å². The second-order valence-corrected chi connectivity index (χ2v) is 3.51. The van der Waals surface area contributed by atoms with Crippen LogP contribution < -0.4 is 0 Å². The van der Waals surface area contributed by atoms with Crippen molar-refractivity contribution in [1.82, 2.24) is 15.0 Å². The summed E-state index contributed by atoms with van der Waals surface area (Å²) in [5.74, 6) is 1.01. The molecule has 2 aliphatic rings. The number of H-pyrrole nitrogens is 1. The number of phenols is 1. The number of aromatic nitrogens is 3. The number of para-hydroxylation sites is 1. The summed E-state index contributed by atoms with van der Waals surface area (Å²) < 4.78 is 0. The lowest BCUT2D eigenvalue weighted by Crippen LogP contribution is -1.83. The normalized spacial score (nSPS) is 10.8. The van der Waals surface area contributed by atoms with Crippen molar-refractivity contribution in [3.05, 3.63) is 42.9 Å². The molecular weight excluding hydrogens is 202 g/mol. The molecule has 16 heavy (non-hydrogen) atoms. The highest BCUT2D eigenvalue weighted by Gasteiger charge is 2.12. The molecule has 0 amide bonds. The molecule has 0 saturated heterocycles. The largest absolute Gasteiger partial charge is 0.507 e. The Labute approximate surface area is 92.0 Å². The van der Waals surface area contributed by atoms with Gasteiger partial charge in [0.25, 0.3) is 0 Å². The summed E-state index contributed by atoms with van der Waals surface area (Å²) >= 11 is 0. The summed E-state index contributed by atoms with van der Waals surface area (Å²) in [7, 11) is 0. The SMILES string of the molecule is Oc1ccccc1-c1cc2cnc[nH]c-2n1. The van der Waals surface area contributed by atoms with Crippen LogP contribution in [0.2, 0.25) is 0 Å². The molecule has 1 aromatic carbocycles. The van der Waals surface area contributed by atoms with Gasteiger partial charge in [0.2, 0.25) is 0 Å². The van der Waals surface area contributed by atoms with Gasteiger partial charge in [0.1, 0.15) is 11.6 Å². The monoisotopic (exact) mass is 211 g/mol. The fourth-order valence-electron chi connectivity index (χ4n) is 1.69. The summed E-state index contributed by atoms with van der Waals surface area (Å²) in [4.78, 5) is 11.3. The summed E-state index contributed by atoms with van der Waals surface area (Å²) in [6, 6.07) is 9.04. The van der Waals surface area contributed by atoms with E-state index in [1.807, 2.05) is 18.2 Å². The Bertz CT molecular complexity index is 573. The molecule has 2 heterocycles. The van der Waals surface area contributed by atoms with E-state index in [2.05, 4.69) is 15.0 Å². The minimum absolute atomic E-state index is 0.235. The third-order valence-corrected chi connectivity index (χ3v) is 2.47. The Morgan fingerprint density at radius 2 is 2.06 bits per heavy atom. The van der Waals surface area contributed by atoms with Crippen LogP contribution in [-0.4, -0.2) is 20.1 Å². The van der Waals surface area contributed by atoms with Gasteiger partial charge in [-0.15, -0.1) is 0 Å². The Hall–Kier alpha value is -2.36. The van der Waals surface area contributed by atoms with Gasteiger partial charge in [-0.1, -0.05) is 12.1 Å². The Balaban J connectivity index is 2.21. The van der Waals surface area contributed by atoms with Crippen molar-refractivity contribution in [1.29, 1.82) is 0 Å². The average Bonchev–Trinajstić information content (AvgIpc) is 2.73. The first-order valence-electron chi connectivity index (χ1n) is 4.92. The summed E-state index contributed by atoms with van der Waals surface area (Å²) in [5, 5.41) is 9.72. The van der Waals surface area contributed by atoms with Crippen LogP contribution in [0.3, 0.4) is 0 Å². The van der Waals surface area contributed by atoms with Crippen molar-refractivity contribution < 1.29 is 5.11 Å². The van der Waals surface area contributed by atoms with Crippen molar-refractivity contribution in [3.8, 4) is 28.4 Å². The Morgan fingerprint density at radius 3 is 2.88 bits per heavy atom. The maximum atomic E-state index is 9.72. The van der Waals surface area contributed by atoms with Crippen LogP contribution in [0.1, 0.15) is 0 Å². The standard InChI is InChI=1S/C12H9N3O/c16-11-4-2-1-3-9(11)10-5-8-6-13-7-14-12(8)15-10/h1-7,16H,(H,13,14,15). The molecule has 2 aliphatic heterocycles. The molecule has 0 spiro atoms. The lowest BCUT2D eigenvalue weighted by molar-refractivity contribution is 0.477. The van der Waals surface area contributed by atoms with E-state index in [1.165, 1.54) is 0 Å². The van der Waals surface area contributed by atoms with Gasteiger partial charge in [-0.05, 0) is 18.2 Å². The number of nitrogens with one attached hydrogen (secondary N) is 1. The van der Waals surface area contributed by atoms with Crippen molar-refractivity contribution in [2.24, 2.45) is 0 Å². The number of rotatable bonds is 1. The number of fused-ring (bicyclic) bond motifs is 1. The Morgan fingerprint density at radius 1 is 1.19 bits per heavy atom. The molecule has 0 aliphatic carbocycles. The number of phenolic OH excluding ortho intramolecular Hbond substituents is 1. The Kier molecular flexibility index (Phi) is 1.86. The van der Waals surface area contributed by atoms with Gasteiger partial charge >= 0.3 is 0 Å². The first kappa shape index (κ1) is 8.91. The predicted octanol–water partition coefficient (Wildman–Crippen LogP) is 2.28. The van der Waals surface area contributed by atoms with Crippen molar-refractivity contribution >= 4 is 0 Å². The van der Waals surface area contributed by atoms with E-state index in [9.17, 15) is 5.11 Å². The molecule has 2 N–H and O–H groups in total. The number of hydrogen-bond acceptors (Lipinski definition) is 3. The smallest absolute Gasteiger partial charge is 0.140 e. The molecule has 0 bridgehead atoms. The molecule has 1 aromatic rings. The zero-order valence-electron chi connectivity index (χ0n) is 8.38. The molecule has 4 nitrogen and oxygen atoms in total. The van der Waals surface area contributed by atoms with Gasteiger partial charge < -0.3 is 10.1 Å². The van der Waals surface area contributed by atoms with Crippen molar-refractivity contribution in [3.63, 3.8) is 0 Å². The van der Waals surface area contributed by atoms with Crippen molar-refractivity contribution in [2.75, 3.05) is 0 Å². The van der Waals surface area contributed by atoms with Crippen LogP contribution in [0.5, 0.6) is 5.75 Å². The molecule has 78 valence electrons. The average molecular weight is 211 g/mol. The number of hydrogen-bond donors (Lipinski definition) is 2. The highest BCUT2D eigenvalue weighted by atomic mass is 16.3. The minimum atomic E-state index is 0.235. The van der Waals surface area contributed by atoms with E-state index < -0.39 is 0 Å². The molecule has 3 rings (SSSR count). The van der Waals surface area contributed by atoms with Gasteiger partial charge in [-0.25, -0.2) is 9.97 Å². The lowest BCUT2D eigenvalue weighted by atomic mass is 10.1. The van der Waals surface area contributed by atoms with E-state index in [1.54, 1.807) is 24.7 Å². The van der Waals surface area contributed by atoms with E-state index in [4.69, 9.17) is 0 Å². The number of aromatic amines is 1. The molecule has 0 aromatic heterocycles. The van der Waals surface area contributed by atoms with Crippen LogP contribution in [0, 0.1) is 0 Å². The fourth-order valence-corrected chi connectivity index (χ4v) is 1.69. The molecule has 0 atom stereocenters. The second-order valence-electron chi connectivity index (χ2n) is 3.51. The molecule has 0 saturated carbocycles. The van der Waals surface area contributed by atoms with Crippen LogP contribution in [-0.2, 0) is 0 Å². The lowest BCUT2D eigenvalue weighted by Gasteiger charge is -1.98. The quantitative estimate of drug-likeness (QED) is 0.649. The van der Waals surface area contributed by atoms with Gasteiger partial charge in [-0.3, -0.25) is 0 Å².